The first-order valence-electron chi connectivity index (χ1n) is 8.83. The third-order valence-electron chi connectivity index (χ3n) is 4.59. The van der Waals surface area contributed by atoms with E-state index in [9.17, 15) is 8.42 Å². The first-order chi connectivity index (χ1) is 13.4. The van der Waals surface area contributed by atoms with Crippen LogP contribution in [0.4, 0.5) is 11.5 Å². The van der Waals surface area contributed by atoms with Crippen molar-refractivity contribution in [3.63, 3.8) is 0 Å². The van der Waals surface area contributed by atoms with E-state index in [0.29, 0.717) is 31.1 Å². The van der Waals surface area contributed by atoms with E-state index in [4.69, 9.17) is 4.74 Å². The Labute approximate surface area is 168 Å². The first-order valence-corrected chi connectivity index (χ1v) is 11.1. The maximum atomic E-state index is 12.3. The Bertz CT molecular complexity index is 1080. The van der Waals surface area contributed by atoms with Crippen molar-refractivity contribution in [2.24, 2.45) is 0 Å². The predicted octanol–water partition coefficient (Wildman–Crippen LogP) is 2.69. The number of nitrogens with one attached hydrogen (secondary N) is 1. The van der Waals surface area contributed by atoms with E-state index >= 15 is 0 Å². The van der Waals surface area contributed by atoms with Crippen molar-refractivity contribution in [1.82, 2.24) is 18.6 Å². The number of benzene rings is 1. The predicted molar refractivity (Wildman–Crippen MR) is 110 cm³/mol. The van der Waals surface area contributed by atoms with E-state index in [1.807, 2.05) is 35.7 Å². The van der Waals surface area contributed by atoms with Crippen molar-refractivity contribution in [3.05, 3.63) is 42.0 Å². The number of thiophene rings is 1. The fraction of sp³-hybridized carbons (Fsp3) is 0.333. The molecular weight excluding hydrogens is 398 g/mol. The highest BCUT2D eigenvalue weighted by Gasteiger charge is 2.34. The number of ether oxygens (including phenoxy) is 1. The molecule has 1 N–H and O–H groups in total. The highest BCUT2D eigenvalue weighted by Crippen LogP contribution is 2.32. The lowest BCUT2D eigenvalue weighted by Crippen LogP contribution is -2.39. The molecule has 3 aromatic rings. The van der Waals surface area contributed by atoms with E-state index in [0.717, 1.165) is 15.9 Å². The van der Waals surface area contributed by atoms with Gasteiger partial charge in [0.1, 0.15) is 28.8 Å². The molecule has 0 amide bonds. The number of anilines is 2. The molecule has 2 aromatic heterocycles. The topological polar surface area (TPSA) is 87.7 Å². The number of aromatic nitrogens is 2. The van der Waals surface area contributed by atoms with E-state index in [1.54, 1.807) is 11.3 Å². The van der Waals surface area contributed by atoms with E-state index in [1.165, 1.54) is 29.0 Å². The lowest BCUT2D eigenvalue weighted by molar-refractivity contribution is 0.216. The quantitative estimate of drug-likeness (QED) is 0.661. The third-order valence-corrected chi connectivity index (χ3v) is 7.32. The Morgan fingerprint density at radius 1 is 1.25 bits per heavy atom. The molecule has 1 unspecified atom stereocenters. The van der Waals surface area contributed by atoms with Crippen molar-refractivity contribution in [2.75, 3.05) is 32.5 Å². The zero-order chi connectivity index (χ0) is 19.7. The fourth-order valence-electron chi connectivity index (χ4n) is 3.10. The number of fused-ring (bicyclic) bond motifs is 1. The lowest BCUT2D eigenvalue weighted by Gasteiger charge is -2.21. The van der Waals surface area contributed by atoms with Crippen LogP contribution in [-0.2, 0) is 10.2 Å². The summed E-state index contributed by atoms with van der Waals surface area (Å²) in [5.41, 5.74) is 0.780. The highest BCUT2D eigenvalue weighted by atomic mass is 32.2. The molecule has 1 fully saturated rings. The molecule has 1 aliphatic rings. The Balaban J connectivity index is 1.52. The second kappa shape index (κ2) is 7.63. The SMILES string of the molecule is CN(C)S(=O)(=O)N1CCC(Oc2ccccc2Nc2ncnc3sccc23)C1. The number of rotatable bonds is 6. The number of hydrogen-bond donors (Lipinski definition) is 1. The summed E-state index contributed by atoms with van der Waals surface area (Å²) in [6.07, 6.45) is 1.97. The van der Waals surface area contributed by atoms with Crippen molar-refractivity contribution in [2.45, 2.75) is 12.5 Å². The van der Waals surface area contributed by atoms with Gasteiger partial charge >= 0.3 is 0 Å². The van der Waals surface area contributed by atoms with Gasteiger partial charge in [-0.25, -0.2) is 9.97 Å². The van der Waals surface area contributed by atoms with E-state index in [2.05, 4.69) is 15.3 Å². The minimum absolute atomic E-state index is 0.204. The van der Waals surface area contributed by atoms with Crippen LogP contribution in [0.5, 0.6) is 5.75 Å². The first kappa shape index (κ1) is 19.1. The summed E-state index contributed by atoms with van der Waals surface area (Å²) in [7, 11) is -0.348. The molecule has 0 radical (unpaired) electrons. The molecule has 1 saturated heterocycles. The summed E-state index contributed by atoms with van der Waals surface area (Å²) in [6.45, 7) is 0.777. The number of hydrogen-bond acceptors (Lipinski definition) is 7. The van der Waals surface area contributed by atoms with E-state index < -0.39 is 10.2 Å². The second-order valence-electron chi connectivity index (χ2n) is 6.66. The maximum Gasteiger partial charge on any atom is 0.281 e. The molecule has 1 aromatic carbocycles. The van der Waals surface area contributed by atoms with Crippen molar-refractivity contribution >= 4 is 43.3 Å². The zero-order valence-electron chi connectivity index (χ0n) is 15.6. The Kier molecular flexibility index (Phi) is 5.19. The van der Waals surface area contributed by atoms with Crippen LogP contribution >= 0.6 is 11.3 Å². The summed E-state index contributed by atoms with van der Waals surface area (Å²) >= 11 is 1.56. The lowest BCUT2D eigenvalue weighted by atomic mass is 10.2. The fourth-order valence-corrected chi connectivity index (χ4v) is 4.99. The minimum Gasteiger partial charge on any atom is -0.487 e. The molecule has 148 valence electrons. The van der Waals surface area contributed by atoms with Gasteiger partial charge in [-0.1, -0.05) is 12.1 Å². The largest absolute Gasteiger partial charge is 0.487 e. The highest BCUT2D eigenvalue weighted by molar-refractivity contribution is 7.86. The van der Waals surface area contributed by atoms with E-state index in [-0.39, 0.29) is 6.10 Å². The van der Waals surface area contributed by atoms with Crippen molar-refractivity contribution in [3.8, 4) is 5.75 Å². The Morgan fingerprint density at radius 2 is 2.07 bits per heavy atom. The molecule has 3 heterocycles. The molecule has 0 saturated carbocycles. The van der Waals surface area contributed by atoms with Crippen molar-refractivity contribution < 1.29 is 13.2 Å². The molecule has 0 spiro atoms. The average molecular weight is 420 g/mol. The van der Waals surface area contributed by atoms with Gasteiger partial charge in [-0.15, -0.1) is 11.3 Å². The average Bonchev–Trinajstić information content (AvgIpc) is 3.33. The number of nitrogens with zero attached hydrogens (tertiary/aromatic N) is 4. The molecule has 28 heavy (non-hydrogen) atoms. The van der Waals surface area contributed by atoms with Gasteiger partial charge in [-0.3, -0.25) is 0 Å². The van der Waals surface area contributed by atoms with Crippen molar-refractivity contribution in [1.29, 1.82) is 0 Å². The van der Waals surface area contributed by atoms with Gasteiger partial charge in [-0.05, 0) is 30.0 Å². The molecule has 1 aliphatic heterocycles. The Morgan fingerprint density at radius 3 is 2.89 bits per heavy atom. The second-order valence-corrected chi connectivity index (χ2v) is 9.70. The molecule has 1 atom stereocenters. The molecule has 0 aliphatic carbocycles. The molecule has 10 heteroatoms. The van der Waals surface area contributed by atoms with Crippen LogP contribution in [0.2, 0.25) is 0 Å². The van der Waals surface area contributed by atoms with Crippen LogP contribution < -0.4 is 10.1 Å². The van der Waals surface area contributed by atoms with Gasteiger partial charge in [0.2, 0.25) is 0 Å². The van der Waals surface area contributed by atoms with Crippen LogP contribution in [-0.4, -0.2) is 60.3 Å². The normalized spacial score (nSPS) is 18.0. The summed E-state index contributed by atoms with van der Waals surface area (Å²) in [5.74, 6) is 1.38. The van der Waals surface area contributed by atoms with Crippen LogP contribution in [0.1, 0.15) is 6.42 Å². The summed E-state index contributed by atoms with van der Waals surface area (Å²) in [5, 5.41) is 6.25. The smallest absolute Gasteiger partial charge is 0.281 e. The van der Waals surface area contributed by atoms with Gasteiger partial charge in [-0.2, -0.15) is 17.0 Å². The van der Waals surface area contributed by atoms with Gasteiger partial charge in [0, 0.05) is 20.6 Å². The molecule has 8 nitrogen and oxygen atoms in total. The zero-order valence-corrected chi connectivity index (χ0v) is 17.2. The molecular formula is C18H21N5O3S2. The summed E-state index contributed by atoms with van der Waals surface area (Å²) in [4.78, 5) is 9.52. The number of para-hydroxylation sites is 2. The van der Waals surface area contributed by atoms with Crippen LogP contribution in [0.3, 0.4) is 0 Å². The monoisotopic (exact) mass is 419 g/mol. The molecule has 4 rings (SSSR count). The van der Waals surface area contributed by atoms with Crippen LogP contribution in [0.25, 0.3) is 10.2 Å². The van der Waals surface area contributed by atoms with Crippen LogP contribution in [0, 0.1) is 0 Å². The van der Waals surface area contributed by atoms with Gasteiger partial charge in [0.25, 0.3) is 10.2 Å². The molecule has 0 bridgehead atoms. The van der Waals surface area contributed by atoms with Gasteiger partial charge < -0.3 is 10.1 Å². The standard InChI is InChI=1S/C18H21N5O3S2/c1-22(2)28(24,25)23-9-7-13(11-23)26-16-6-4-3-5-15(16)21-17-14-8-10-27-18(14)20-12-19-17/h3-6,8,10,12-13H,7,9,11H2,1-2H3,(H,19,20,21). The van der Waals surface area contributed by atoms with Crippen LogP contribution in [0.15, 0.2) is 42.0 Å². The summed E-state index contributed by atoms with van der Waals surface area (Å²) in [6, 6.07) is 9.58. The van der Waals surface area contributed by atoms with Gasteiger partial charge in [0.05, 0.1) is 17.6 Å². The summed E-state index contributed by atoms with van der Waals surface area (Å²) < 4.78 is 33.4. The van der Waals surface area contributed by atoms with Gasteiger partial charge in [0.15, 0.2) is 0 Å². The third kappa shape index (κ3) is 3.68. The Hall–Kier alpha value is -2.27. The maximum absolute atomic E-state index is 12.3. The minimum atomic E-state index is -3.42.